The molecular formula is C16H18N2OS. The Morgan fingerprint density at radius 2 is 2.05 bits per heavy atom. The van der Waals surface area contributed by atoms with Gasteiger partial charge >= 0.3 is 0 Å². The smallest absolute Gasteiger partial charge is 0.254 e. The van der Waals surface area contributed by atoms with Gasteiger partial charge in [0.15, 0.2) is 0 Å². The molecule has 2 aliphatic heterocycles. The quantitative estimate of drug-likeness (QED) is 0.839. The highest BCUT2D eigenvalue weighted by Gasteiger charge is 2.43. The third kappa shape index (κ3) is 2.31. The SMILES string of the molecule is CSC1CC2CCC(C1)N2C(=O)c1cccc(C#N)c1. The second-order valence-electron chi connectivity index (χ2n) is 5.62. The van der Waals surface area contributed by atoms with Gasteiger partial charge in [-0.15, -0.1) is 0 Å². The van der Waals surface area contributed by atoms with Crippen LogP contribution in [0.5, 0.6) is 0 Å². The molecule has 2 heterocycles. The number of piperidine rings is 1. The number of nitrogens with zero attached hydrogens (tertiary/aromatic N) is 2. The zero-order valence-corrected chi connectivity index (χ0v) is 12.4. The molecule has 2 atom stereocenters. The van der Waals surface area contributed by atoms with Crippen LogP contribution in [0, 0.1) is 11.3 Å². The van der Waals surface area contributed by atoms with E-state index in [-0.39, 0.29) is 5.91 Å². The molecule has 3 nitrogen and oxygen atoms in total. The van der Waals surface area contributed by atoms with E-state index in [9.17, 15) is 4.79 Å². The zero-order valence-electron chi connectivity index (χ0n) is 11.6. The monoisotopic (exact) mass is 286 g/mol. The first-order valence-electron chi connectivity index (χ1n) is 7.08. The van der Waals surface area contributed by atoms with Gasteiger partial charge in [-0.05, 0) is 50.1 Å². The molecule has 1 aromatic rings. The average Bonchev–Trinajstić information content (AvgIpc) is 2.76. The van der Waals surface area contributed by atoms with Crippen LogP contribution in [0.15, 0.2) is 24.3 Å². The summed E-state index contributed by atoms with van der Waals surface area (Å²) in [5.74, 6) is 0.106. The number of benzene rings is 1. The molecule has 1 aromatic carbocycles. The first-order chi connectivity index (χ1) is 9.72. The highest BCUT2D eigenvalue weighted by Crippen LogP contribution is 2.40. The molecule has 2 unspecified atom stereocenters. The lowest BCUT2D eigenvalue weighted by molar-refractivity contribution is 0.0601. The third-order valence-electron chi connectivity index (χ3n) is 4.50. The van der Waals surface area contributed by atoms with E-state index in [0.717, 1.165) is 25.7 Å². The summed E-state index contributed by atoms with van der Waals surface area (Å²) in [6, 6.07) is 9.96. The van der Waals surface area contributed by atoms with Crippen molar-refractivity contribution in [3.8, 4) is 6.07 Å². The minimum absolute atomic E-state index is 0.106. The largest absolute Gasteiger partial charge is 0.333 e. The van der Waals surface area contributed by atoms with Crippen LogP contribution in [0.1, 0.15) is 41.6 Å². The number of nitriles is 1. The van der Waals surface area contributed by atoms with E-state index in [1.165, 1.54) is 0 Å². The highest BCUT2D eigenvalue weighted by atomic mass is 32.2. The lowest BCUT2D eigenvalue weighted by Gasteiger charge is -2.38. The Balaban J connectivity index is 1.83. The second-order valence-corrected chi connectivity index (χ2v) is 6.76. The van der Waals surface area contributed by atoms with Crippen LogP contribution >= 0.6 is 11.8 Å². The fraction of sp³-hybridized carbons (Fsp3) is 0.500. The number of hydrogen-bond donors (Lipinski definition) is 0. The minimum Gasteiger partial charge on any atom is -0.333 e. The van der Waals surface area contributed by atoms with Gasteiger partial charge in [-0.2, -0.15) is 17.0 Å². The van der Waals surface area contributed by atoms with Crippen LogP contribution in [-0.4, -0.2) is 34.4 Å². The molecule has 4 heteroatoms. The molecule has 0 spiro atoms. The number of carbonyl (C=O) groups excluding carboxylic acids is 1. The summed E-state index contributed by atoms with van der Waals surface area (Å²) in [4.78, 5) is 14.8. The van der Waals surface area contributed by atoms with Gasteiger partial charge in [-0.25, -0.2) is 0 Å². The Morgan fingerprint density at radius 3 is 2.65 bits per heavy atom. The molecule has 0 radical (unpaired) electrons. The van der Waals surface area contributed by atoms with Gasteiger partial charge in [0, 0.05) is 22.9 Å². The van der Waals surface area contributed by atoms with Gasteiger partial charge in [0.1, 0.15) is 0 Å². The van der Waals surface area contributed by atoms with Gasteiger partial charge in [-0.3, -0.25) is 4.79 Å². The summed E-state index contributed by atoms with van der Waals surface area (Å²) < 4.78 is 0. The predicted octanol–water partition coefficient (Wildman–Crippen LogP) is 3.06. The van der Waals surface area contributed by atoms with Crippen molar-refractivity contribution in [2.45, 2.75) is 43.0 Å². The van der Waals surface area contributed by atoms with Crippen LogP contribution in [0.2, 0.25) is 0 Å². The first-order valence-corrected chi connectivity index (χ1v) is 8.37. The maximum absolute atomic E-state index is 12.7. The minimum atomic E-state index is 0.106. The topological polar surface area (TPSA) is 44.1 Å². The van der Waals surface area contributed by atoms with E-state index in [2.05, 4.69) is 17.2 Å². The molecule has 0 N–H and O–H groups in total. The van der Waals surface area contributed by atoms with E-state index in [0.29, 0.717) is 28.5 Å². The van der Waals surface area contributed by atoms with E-state index >= 15 is 0 Å². The van der Waals surface area contributed by atoms with Crippen LogP contribution in [-0.2, 0) is 0 Å². The Hall–Kier alpha value is -1.47. The number of thioether (sulfide) groups is 1. The van der Waals surface area contributed by atoms with Crippen molar-refractivity contribution < 1.29 is 4.79 Å². The molecule has 2 fully saturated rings. The molecule has 3 rings (SSSR count). The van der Waals surface area contributed by atoms with Crippen LogP contribution in [0.4, 0.5) is 0 Å². The van der Waals surface area contributed by atoms with Gasteiger partial charge in [0.05, 0.1) is 11.6 Å². The lowest BCUT2D eigenvalue weighted by atomic mass is 10.0. The van der Waals surface area contributed by atoms with Crippen molar-refractivity contribution in [1.29, 1.82) is 5.26 Å². The number of hydrogen-bond acceptors (Lipinski definition) is 3. The Bertz CT molecular complexity index is 552. The summed E-state index contributed by atoms with van der Waals surface area (Å²) in [5.41, 5.74) is 1.21. The molecule has 20 heavy (non-hydrogen) atoms. The third-order valence-corrected chi connectivity index (χ3v) is 5.55. The van der Waals surface area contributed by atoms with Crippen molar-refractivity contribution >= 4 is 17.7 Å². The molecular weight excluding hydrogens is 268 g/mol. The zero-order chi connectivity index (χ0) is 14.1. The van der Waals surface area contributed by atoms with Crippen molar-refractivity contribution in [2.75, 3.05) is 6.26 Å². The molecule has 2 bridgehead atoms. The summed E-state index contributed by atoms with van der Waals surface area (Å²) in [7, 11) is 0. The Kier molecular flexibility index (Phi) is 3.71. The average molecular weight is 286 g/mol. The number of rotatable bonds is 2. The van der Waals surface area contributed by atoms with Gasteiger partial charge in [-0.1, -0.05) is 6.07 Å². The van der Waals surface area contributed by atoms with E-state index < -0.39 is 0 Å². The molecule has 0 saturated carbocycles. The normalized spacial score (nSPS) is 28.2. The van der Waals surface area contributed by atoms with Crippen LogP contribution < -0.4 is 0 Å². The fourth-order valence-corrected chi connectivity index (χ4v) is 4.35. The summed E-state index contributed by atoms with van der Waals surface area (Å²) in [5, 5.41) is 9.66. The second kappa shape index (κ2) is 5.49. The van der Waals surface area contributed by atoms with E-state index in [4.69, 9.17) is 5.26 Å². The van der Waals surface area contributed by atoms with E-state index in [1.807, 2.05) is 17.8 Å². The molecule has 2 saturated heterocycles. The number of fused-ring (bicyclic) bond motifs is 2. The Morgan fingerprint density at radius 1 is 1.35 bits per heavy atom. The number of amides is 1. The lowest BCUT2D eigenvalue weighted by Crippen LogP contribution is -2.47. The van der Waals surface area contributed by atoms with Crippen molar-refractivity contribution in [2.24, 2.45) is 0 Å². The standard InChI is InChI=1S/C16H18N2OS/c1-20-15-8-13-5-6-14(9-15)18(13)16(19)12-4-2-3-11(7-12)10-17/h2-4,7,13-15H,5-6,8-9H2,1H3. The molecule has 0 aliphatic carbocycles. The van der Waals surface area contributed by atoms with Gasteiger partial charge in [0.2, 0.25) is 0 Å². The van der Waals surface area contributed by atoms with Crippen LogP contribution in [0.3, 0.4) is 0 Å². The van der Waals surface area contributed by atoms with Crippen LogP contribution in [0.25, 0.3) is 0 Å². The molecule has 0 aromatic heterocycles. The highest BCUT2D eigenvalue weighted by molar-refractivity contribution is 7.99. The van der Waals surface area contributed by atoms with Crippen molar-refractivity contribution in [3.05, 3.63) is 35.4 Å². The maximum Gasteiger partial charge on any atom is 0.254 e. The van der Waals surface area contributed by atoms with Gasteiger partial charge in [0.25, 0.3) is 5.91 Å². The molecule has 104 valence electrons. The van der Waals surface area contributed by atoms with Crippen molar-refractivity contribution in [1.82, 2.24) is 4.90 Å². The summed E-state index contributed by atoms with van der Waals surface area (Å²) in [6.45, 7) is 0. The number of carbonyl (C=O) groups is 1. The first kappa shape index (κ1) is 13.5. The van der Waals surface area contributed by atoms with Crippen molar-refractivity contribution in [3.63, 3.8) is 0 Å². The maximum atomic E-state index is 12.7. The predicted molar refractivity (Wildman–Crippen MR) is 80.7 cm³/mol. The molecule has 2 aliphatic rings. The summed E-state index contributed by atoms with van der Waals surface area (Å²) in [6.07, 6.45) is 6.65. The molecule has 1 amide bonds. The Labute approximate surface area is 124 Å². The van der Waals surface area contributed by atoms with Gasteiger partial charge < -0.3 is 4.90 Å². The fourth-order valence-electron chi connectivity index (χ4n) is 3.52. The van der Waals surface area contributed by atoms with E-state index in [1.54, 1.807) is 18.2 Å². The summed E-state index contributed by atoms with van der Waals surface area (Å²) >= 11 is 1.93.